The highest BCUT2D eigenvalue weighted by Gasteiger charge is 2.24. The fourth-order valence-electron chi connectivity index (χ4n) is 2.89. The summed E-state index contributed by atoms with van der Waals surface area (Å²) in [4.78, 5) is 32.3. The van der Waals surface area contributed by atoms with Crippen LogP contribution in [-0.2, 0) is 11.3 Å². The summed E-state index contributed by atoms with van der Waals surface area (Å²) in [6.45, 7) is 2.53. The maximum absolute atomic E-state index is 13.2. The van der Waals surface area contributed by atoms with Gasteiger partial charge >= 0.3 is 6.03 Å². The third-order valence-corrected chi connectivity index (χ3v) is 4.59. The molecule has 1 aromatic heterocycles. The van der Waals surface area contributed by atoms with E-state index in [1.54, 1.807) is 51.7 Å². The number of aromatic nitrogens is 1. The van der Waals surface area contributed by atoms with Crippen molar-refractivity contribution in [2.75, 3.05) is 31.2 Å². The highest BCUT2D eigenvalue weighted by molar-refractivity contribution is 6.30. The number of hydrogen-bond donors (Lipinski definition) is 2. The van der Waals surface area contributed by atoms with Gasteiger partial charge in [0.1, 0.15) is 5.82 Å². The van der Waals surface area contributed by atoms with Crippen LogP contribution < -0.4 is 10.4 Å². The summed E-state index contributed by atoms with van der Waals surface area (Å²) in [6.07, 6.45) is 2.27. The molecule has 1 aliphatic heterocycles. The Morgan fingerprint density at radius 2 is 1.96 bits per heavy atom. The average molecular weight is 405 g/mol. The first-order valence-electron chi connectivity index (χ1n) is 8.87. The third kappa shape index (κ3) is 4.98. The van der Waals surface area contributed by atoms with Gasteiger partial charge in [0.2, 0.25) is 0 Å². The predicted molar refractivity (Wildman–Crippen MR) is 104 cm³/mol. The van der Waals surface area contributed by atoms with Gasteiger partial charge in [0.05, 0.1) is 18.2 Å². The van der Waals surface area contributed by atoms with Gasteiger partial charge in [-0.2, -0.15) is 0 Å². The smallest absolute Gasteiger partial charge is 0.326 e. The number of amides is 3. The molecule has 0 radical (unpaired) electrons. The van der Waals surface area contributed by atoms with Gasteiger partial charge in [0.15, 0.2) is 0 Å². The lowest BCUT2D eigenvalue weighted by Gasteiger charge is -2.29. The van der Waals surface area contributed by atoms with Crippen molar-refractivity contribution < 1.29 is 19.5 Å². The Kier molecular flexibility index (Phi) is 6.80. The molecule has 3 amide bonds. The van der Waals surface area contributed by atoms with Crippen molar-refractivity contribution in [3.63, 3.8) is 0 Å². The molecule has 148 valence electrons. The molecule has 1 aliphatic rings. The van der Waals surface area contributed by atoms with Crippen LogP contribution in [-0.4, -0.2) is 53.3 Å². The minimum Gasteiger partial charge on any atom is -0.380 e. The van der Waals surface area contributed by atoms with Crippen molar-refractivity contribution >= 4 is 29.4 Å². The molecule has 8 nitrogen and oxygen atoms in total. The molecule has 0 unspecified atom stereocenters. The number of nitrogens with zero attached hydrogens (tertiary/aromatic N) is 3. The molecule has 1 fully saturated rings. The van der Waals surface area contributed by atoms with Crippen LogP contribution in [0, 0.1) is 0 Å². The summed E-state index contributed by atoms with van der Waals surface area (Å²) in [5.74, 6) is -0.111. The quantitative estimate of drug-likeness (QED) is 0.603. The number of anilines is 1. The lowest BCUT2D eigenvalue weighted by atomic mass is 10.1. The van der Waals surface area contributed by atoms with Crippen molar-refractivity contribution in [1.82, 2.24) is 15.4 Å². The van der Waals surface area contributed by atoms with Crippen LogP contribution in [0.1, 0.15) is 22.3 Å². The number of hydrogen-bond acceptors (Lipinski definition) is 5. The predicted octanol–water partition coefficient (Wildman–Crippen LogP) is 2.70. The molecule has 3 rings (SSSR count). The first-order valence-corrected chi connectivity index (χ1v) is 9.25. The molecule has 1 saturated heterocycles. The molecule has 1 aromatic carbocycles. The molecule has 0 bridgehead atoms. The Labute approximate surface area is 167 Å². The van der Waals surface area contributed by atoms with Crippen LogP contribution in [0.3, 0.4) is 0 Å². The number of carbonyl (C=O) groups is 2. The minimum absolute atomic E-state index is 0.169. The van der Waals surface area contributed by atoms with E-state index in [1.807, 2.05) is 0 Å². The number of carbonyl (C=O) groups excluding carboxylic acids is 2. The highest BCUT2D eigenvalue weighted by atomic mass is 35.5. The van der Waals surface area contributed by atoms with Gasteiger partial charge in [0.25, 0.3) is 5.91 Å². The summed E-state index contributed by atoms with van der Waals surface area (Å²) >= 11 is 5.94. The Bertz CT molecular complexity index is 806. The molecule has 9 heteroatoms. The molecule has 0 spiro atoms. The zero-order valence-corrected chi connectivity index (χ0v) is 15.9. The van der Waals surface area contributed by atoms with Gasteiger partial charge in [-0.3, -0.25) is 14.9 Å². The van der Waals surface area contributed by atoms with Gasteiger partial charge < -0.3 is 9.64 Å². The minimum atomic E-state index is -0.594. The van der Waals surface area contributed by atoms with Crippen LogP contribution in [0.25, 0.3) is 0 Å². The largest absolute Gasteiger partial charge is 0.380 e. The second kappa shape index (κ2) is 9.50. The van der Waals surface area contributed by atoms with Crippen molar-refractivity contribution in [2.45, 2.75) is 13.0 Å². The van der Waals surface area contributed by atoms with Crippen LogP contribution in [0.15, 0.2) is 42.6 Å². The van der Waals surface area contributed by atoms with Gasteiger partial charge in [-0.15, -0.1) is 0 Å². The molecular weight excluding hydrogens is 384 g/mol. The SMILES string of the molecule is O=C(NO)c1ccc(CN(C(=O)N2CCCOCC2)c2ccc(Cl)cn2)cc1. The Morgan fingerprint density at radius 1 is 1.18 bits per heavy atom. The number of rotatable bonds is 4. The Hall–Kier alpha value is -2.68. The summed E-state index contributed by atoms with van der Waals surface area (Å²) in [6, 6.07) is 9.83. The van der Waals surface area contributed by atoms with Crippen molar-refractivity contribution in [3.05, 3.63) is 58.7 Å². The van der Waals surface area contributed by atoms with E-state index >= 15 is 0 Å². The molecular formula is C19H21ClN4O4. The van der Waals surface area contributed by atoms with Gasteiger partial charge in [0, 0.05) is 31.5 Å². The summed E-state index contributed by atoms with van der Waals surface area (Å²) < 4.78 is 5.44. The van der Waals surface area contributed by atoms with E-state index in [2.05, 4.69) is 4.98 Å². The Balaban J connectivity index is 1.84. The first-order chi connectivity index (χ1) is 13.6. The normalized spacial score (nSPS) is 14.3. The number of nitrogens with one attached hydrogen (secondary N) is 1. The zero-order chi connectivity index (χ0) is 19.9. The third-order valence-electron chi connectivity index (χ3n) is 4.37. The van der Waals surface area contributed by atoms with Gasteiger partial charge in [-0.25, -0.2) is 15.3 Å². The van der Waals surface area contributed by atoms with E-state index in [0.29, 0.717) is 42.7 Å². The molecule has 0 atom stereocenters. The number of halogens is 1. The van der Waals surface area contributed by atoms with Crippen molar-refractivity contribution in [2.24, 2.45) is 0 Å². The van der Waals surface area contributed by atoms with Crippen LogP contribution >= 0.6 is 11.6 Å². The van der Waals surface area contributed by atoms with Gasteiger partial charge in [-0.05, 0) is 36.2 Å². The van der Waals surface area contributed by atoms with E-state index < -0.39 is 5.91 Å². The lowest BCUT2D eigenvalue weighted by Crippen LogP contribution is -2.44. The average Bonchev–Trinajstić information content (AvgIpc) is 3.02. The fourth-order valence-corrected chi connectivity index (χ4v) is 3.00. The van der Waals surface area contributed by atoms with Crippen LogP contribution in [0.5, 0.6) is 0 Å². The van der Waals surface area contributed by atoms with Crippen molar-refractivity contribution in [3.8, 4) is 0 Å². The molecule has 2 N–H and O–H groups in total. The van der Waals surface area contributed by atoms with Crippen LogP contribution in [0.2, 0.25) is 5.02 Å². The standard InChI is InChI=1S/C19H21ClN4O4/c20-16-6-7-17(21-12-16)24(19(26)23-8-1-10-28-11-9-23)13-14-2-4-15(5-3-14)18(25)22-27/h2-7,12,27H,1,8-11,13H2,(H,22,25). The lowest BCUT2D eigenvalue weighted by molar-refractivity contribution is 0.0706. The second-order valence-electron chi connectivity index (χ2n) is 6.29. The molecule has 0 saturated carbocycles. The Morgan fingerprint density at radius 3 is 2.64 bits per heavy atom. The highest BCUT2D eigenvalue weighted by Crippen LogP contribution is 2.20. The topological polar surface area (TPSA) is 95.0 Å². The first kappa shape index (κ1) is 20.1. The molecule has 2 aromatic rings. The zero-order valence-electron chi connectivity index (χ0n) is 15.2. The number of pyridine rings is 1. The van der Waals surface area contributed by atoms with Crippen LogP contribution in [0.4, 0.5) is 10.6 Å². The summed E-state index contributed by atoms with van der Waals surface area (Å²) in [7, 11) is 0. The summed E-state index contributed by atoms with van der Waals surface area (Å²) in [5.41, 5.74) is 2.72. The summed E-state index contributed by atoms with van der Waals surface area (Å²) in [5, 5.41) is 9.21. The second-order valence-corrected chi connectivity index (χ2v) is 6.73. The van der Waals surface area contributed by atoms with Crippen molar-refractivity contribution in [1.29, 1.82) is 0 Å². The van der Waals surface area contributed by atoms with E-state index in [4.69, 9.17) is 21.5 Å². The molecule has 0 aliphatic carbocycles. The number of hydroxylamine groups is 1. The molecule has 28 heavy (non-hydrogen) atoms. The number of urea groups is 1. The molecule has 2 heterocycles. The van der Waals surface area contributed by atoms with E-state index in [0.717, 1.165) is 12.0 Å². The monoisotopic (exact) mass is 404 g/mol. The maximum atomic E-state index is 13.2. The van der Waals surface area contributed by atoms with E-state index in [9.17, 15) is 9.59 Å². The van der Waals surface area contributed by atoms with E-state index in [1.165, 1.54) is 6.20 Å². The maximum Gasteiger partial charge on any atom is 0.326 e. The fraction of sp³-hybridized carbons (Fsp3) is 0.316. The number of ether oxygens (including phenoxy) is 1. The van der Waals surface area contributed by atoms with Gasteiger partial charge in [-0.1, -0.05) is 23.7 Å². The van der Waals surface area contributed by atoms with E-state index in [-0.39, 0.29) is 12.6 Å². The number of benzene rings is 1.